The minimum Gasteiger partial charge on any atom is -0.508 e. The van der Waals surface area contributed by atoms with Crippen molar-refractivity contribution < 1.29 is 102 Å². The van der Waals surface area contributed by atoms with Gasteiger partial charge in [-0.3, -0.25) is 81.5 Å². The van der Waals surface area contributed by atoms with Crippen LogP contribution in [-0.2, 0) is 106 Å². The Balaban J connectivity index is 1.38. The number of phenols is 1. The number of amides is 16. The third-order valence-electron chi connectivity index (χ3n) is 21.4. The fourth-order valence-electron chi connectivity index (χ4n) is 14.6. The van der Waals surface area contributed by atoms with Gasteiger partial charge in [0.2, 0.25) is 94.5 Å². The average molecular weight is 1800 g/mol. The van der Waals surface area contributed by atoms with Crippen molar-refractivity contribution in [2.75, 3.05) is 31.6 Å². The summed E-state index contributed by atoms with van der Waals surface area (Å²) in [5.74, 6) is -18.1. The van der Waals surface area contributed by atoms with Gasteiger partial charge < -0.3 is 112 Å². The van der Waals surface area contributed by atoms with Crippen LogP contribution in [0.25, 0.3) is 0 Å². The summed E-state index contributed by atoms with van der Waals surface area (Å²) >= 11 is 1.39. The third-order valence-corrected chi connectivity index (χ3v) is 22.0. The van der Waals surface area contributed by atoms with Crippen LogP contribution in [-0.4, -0.2) is 254 Å². The monoisotopic (exact) mass is 1790 g/mol. The second-order valence-electron chi connectivity index (χ2n) is 33.9. The van der Waals surface area contributed by atoms with Crippen LogP contribution in [0.1, 0.15) is 175 Å². The number of nitrogens with two attached hydrogens (primary N) is 4. The predicted molar refractivity (Wildman–Crippen MR) is 470 cm³/mol. The van der Waals surface area contributed by atoms with Crippen LogP contribution in [0.15, 0.2) is 84.9 Å². The fraction of sp³-hybridized carbons (Fsp3) is 0.586. The van der Waals surface area contributed by atoms with E-state index in [9.17, 15) is 82.4 Å². The fourth-order valence-corrected chi connectivity index (χ4v) is 15.1. The standard InChI is InChI=1S/C87H130N18O21S/c1-47(2)39-59(76(114)93-57(25-17-18-35-88)75(113)103-72(50(7)8)86(124)105-37-20-26-67(105)83(121)92-51(9)73(111)94-58(87(125)126)32-33-69(90)107)97-79(117)62(42-52-21-13-11-14-22-52)99-78(116)61(41-49(5)6)96-77(115)60(40-48(3)4)98-80(118)64(43-53-23-15-12-16-24-53)101-84(122)68-27-19-36-104(68)85(123)66(45-70(91)108)102-81(119)63(44-54-28-30-55(106)31-29-54)100-82(120)65(46-71(109)110)95-74(112)56(89)34-38-127-10/h11-16,21-24,28-31,47-51,56-68,72,106H,17-20,25-27,32-46,88-89H2,1-10H3,(H2,90,107)(H2,91,108)(H,92,121)(H,93,114)(H,94,111)(H,95,112)(H,96,115)(H,97,117)(H,98,118)(H,99,116)(H,100,120)(H,101,122)(H,102,119)(H,103,113)(H,109,110)(H,125,126)/t51-,56-,57-,58-,59-,60-,61-,62-,63-,64-,65-,66-,67-,68-,72-/m0/s1. The van der Waals surface area contributed by atoms with Crippen molar-refractivity contribution in [1.82, 2.24) is 73.6 Å². The van der Waals surface area contributed by atoms with Crippen LogP contribution < -0.4 is 86.7 Å². The molecule has 2 fully saturated rings. The van der Waals surface area contributed by atoms with Crippen molar-refractivity contribution in [3.63, 3.8) is 0 Å². The average Bonchev–Trinajstić information content (AvgIpc) is 1.72. The Bertz CT molecular complexity index is 4260. The maximum Gasteiger partial charge on any atom is 0.326 e. The van der Waals surface area contributed by atoms with Gasteiger partial charge >= 0.3 is 11.9 Å². The Labute approximate surface area is 744 Å². The highest BCUT2D eigenvalue weighted by Crippen LogP contribution is 2.25. The number of thioether (sulfide) groups is 1. The van der Waals surface area contributed by atoms with Crippen molar-refractivity contribution in [2.24, 2.45) is 46.6 Å². The van der Waals surface area contributed by atoms with Gasteiger partial charge in [0.25, 0.3) is 0 Å². The molecule has 40 heteroatoms. The molecule has 2 aliphatic rings. The molecule has 0 aliphatic carbocycles. The molecule has 0 aromatic heterocycles. The number of primary amides is 2. The quantitative estimate of drug-likeness (QED) is 0.0300. The van der Waals surface area contributed by atoms with E-state index in [0.717, 1.165) is 4.90 Å². The molecule has 3 aromatic carbocycles. The molecule has 0 radical (unpaired) electrons. The van der Waals surface area contributed by atoms with E-state index in [0.29, 0.717) is 41.7 Å². The van der Waals surface area contributed by atoms with Crippen molar-refractivity contribution in [1.29, 1.82) is 0 Å². The summed E-state index contributed by atoms with van der Waals surface area (Å²) < 4.78 is 0. The molecule has 2 saturated heterocycles. The molecule has 2 aliphatic heterocycles. The molecule has 127 heavy (non-hydrogen) atoms. The van der Waals surface area contributed by atoms with Gasteiger partial charge in [0.05, 0.1) is 18.9 Å². The first-order valence-corrected chi connectivity index (χ1v) is 44.5. The maximum atomic E-state index is 15.1. The van der Waals surface area contributed by atoms with Gasteiger partial charge in [-0.05, 0) is 155 Å². The van der Waals surface area contributed by atoms with E-state index in [2.05, 4.69) is 63.8 Å². The Hall–Kier alpha value is -11.8. The second kappa shape index (κ2) is 53.0. The van der Waals surface area contributed by atoms with E-state index in [-0.39, 0.29) is 127 Å². The lowest BCUT2D eigenvalue weighted by Crippen LogP contribution is -2.61. The van der Waals surface area contributed by atoms with E-state index in [1.165, 1.54) is 47.9 Å². The number of carbonyl (C=O) groups excluding carboxylic acids is 16. The van der Waals surface area contributed by atoms with Gasteiger partial charge in [0, 0.05) is 38.8 Å². The number of carboxylic acids is 2. The molecule has 0 saturated carbocycles. The Morgan fingerprint density at radius 2 is 0.811 bits per heavy atom. The van der Waals surface area contributed by atoms with Crippen LogP contribution >= 0.6 is 11.8 Å². The van der Waals surface area contributed by atoms with Crippen LogP contribution in [0.4, 0.5) is 0 Å². The Kier molecular flexibility index (Phi) is 44.1. The van der Waals surface area contributed by atoms with Crippen molar-refractivity contribution in [3.8, 4) is 5.75 Å². The van der Waals surface area contributed by atoms with Gasteiger partial charge in [-0.15, -0.1) is 0 Å². The van der Waals surface area contributed by atoms with Crippen LogP contribution in [0.5, 0.6) is 5.75 Å². The maximum absolute atomic E-state index is 15.1. The minimum absolute atomic E-state index is 0.00177. The van der Waals surface area contributed by atoms with E-state index in [1.54, 1.807) is 122 Å². The molecule has 39 nitrogen and oxygen atoms in total. The molecule has 23 N–H and O–H groups in total. The van der Waals surface area contributed by atoms with Gasteiger partial charge in [0.1, 0.15) is 90.3 Å². The molecule has 15 atom stereocenters. The molecule has 700 valence electrons. The molecule has 0 unspecified atom stereocenters. The zero-order valence-corrected chi connectivity index (χ0v) is 74.7. The number of benzene rings is 3. The summed E-state index contributed by atoms with van der Waals surface area (Å²) in [6.45, 7) is 15.6. The first kappa shape index (κ1) is 106. The highest BCUT2D eigenvalue weighted by atomic mass is 32.2. The number of aromatic hydroxyl groups is 1. The summed E-state index contributed by atoms with van der Waals surface area (Å²) in [5, 5.41) is 61.2. The zero-order chi connectivity index (χ0) is 94.5. The summed E-state index contributed by atoms with van der Waals surface area (Å²) in [4.78, 5) is 253. The number of hydrogen-bond donors (Lipinski definition) is 19. The number of hydrogen-bond acceptors (Lipinski definition) is 22. The number of unbranched alkanes of at least 4 members (excludes halogenated alkanes) is 1. The van der Waals surface area contributed by atoms with E-state index >= 15 is 19.2 Å². The highest BCUT2D eigenvalue weighted by Gasteiger charge is 2.44. The van der Waals surface area contributed by atoms with Crippen LogP contribution in [0, 0.1) is 23.7 Å². The largest absolute Gasteiger partial charge is 0.508 e. The first-order valence-electron chi connectivity index (χ1n) is 43.1. The molecule has 2 heterocycles. The number of likely N-dealkylation sites (tertiary alicyclic amines) is 2. The summed E-state index contributed by atoms with van der Waals surface area (Å²) in [5.41, 5.74) is 24.2. The number of nitrogens with zero attached hydrogens (tertiary/aromatic N) is 2. The second-order valence-corrected chi connectivity index (χ2v) is 34.9. The molecule has 3 aromatic rings. The van der Waals surface area contributed by atoms with Gasteiger partial charge in [0.15, 0.2) is 0 Å². The smallest absolute Gasteiger partial charge is 0.326 e. The SMILES string of the molecule is CSCC[C@H](N)C(=O)N[C@@H](CC(=O)O)C(=O)N[C@@H](Cc1ccc(O)cc1)C(=O)N[C@@H](CC(N)=O)C(=O)N1CCC[C@H]1C(=O)N[C@@H](Cc1ccccc1)C(=O)N[C@@H](CC(C)C)C(=O)N[C@@H](CC(C)C)C(=O)N[C@@H](Cc1ccccc1)C(=O)N[C@@H](CC(C)C)C(=O)N[C@@H](CCCCN)C(=O)N[C@H](C(=O)N1CCC[C@H]1C(=O)N[C@@H](C)C(=O)N[C@@H](CCC(N)=O)C(=O)O)C(C)C. The summed E-state index contributed by atoms with van der Waals surface area (Å²) in [7, 11) is 0. The lowest BCUT2D eigenvalue weighted by molar-refractivity contribution is -0.144. The number of nitrogens with one attached hydrogen (secondary N) is 12. The molecule has 16 amide bonds. The Morgan fingerprint density at radius 1 is 0.417 bits per heavy atom. The van der Waals surface area contributed by atoms with E-state index in [1.807, 2.05) is 0 Å². The molecular formula is C87H130N18O21S. The van der Waals surface area contributed by atoms with Gasteiger partial charge in [-0.2, -0.15) is 11.8 Å². The first-order chi connectivity index (χ1) is 60.0. The van der Waals surface area contributed by atoms with Crippen LogP contribution in [0.2, 0.25) is 0 Å². The van der Waals surface area contributed by atoms with Crippen molar-refractivity contribution >= 4 is 118 Å². The lowest BCUT2D eigenvalue weighted by atomic mass is 9.98. The topological polar surface area (TPSA) is 623 Å². The van der Waals surface area contributed by atoms with E-state index in [4.69, 9.17) is 22.9 Å². The number of aliphatic carboxylic acids is 2. The molecule has 0 spiro atoms. The Morgan fingerprint density at radius 3 is 1.24 bits per heavy atom. The summed E-state index contributed by atoms with van der Waals surface area (Å²) in [6, 6.07) is 1.22. The number of carbonyl (C=O) groups is 18. The molecule has 0 bridgehead atoms. The van der Waals surface area contributed by atoms with Crippen molar-refractivity contribution in [2.45, 2.75) is 269 Å². The zero-order valence-electron chi connectivity index (χ0n) is 73.9. The molecule has 5 rings (SSSR count). The van der Waals surface area contributed by atoms with Gasteiger partial charge in [-0.1, -0.05) is 128 Å². The summed E-state index contributed by atoms with van der Waals surface area (Å²) in [6.07, 6.45) is 0.296. The number of phenolic OH excluding ortho intramolecular Hbond substituents is 1. The normalized spacial score (nSPS) is 16.8. The van der Waals surface area contributed by atoms with Gasteiger partial charge in [-0.25, -0.2) is 4.79 Å². The van der Waals surface area contributed by atoms with Crippen molar-refractivity contribution in [3.05, 3.63) is 102 Å². The predicted octanol–water partition coefficient (Wildman–Crippen LogP) is -1.06. The molecular weight excluding hydrogens is 1670 g/mol. The van der Waals surface area contributed by atoms with Crippen LogP contribution in [0.3, 0.4) is 0 Å². The number of carboxylic acid groups (broad SMARTS) is 2. The van der Waals surface area contributed by atoms with E-state index < -0.39 is 216 Å². The number of rotatable bonds is 54. The minimum atomic E-state index is -1.80. The highest BCUT2D eigenvalue weighted by molar-refractivity contribution is 7.98. The third kappa shape index (κ3) is 35.9. The lowest BCUT2D eigenvalue weighted by Gasteiger charge is -2.32.